The van der Waals surface area contributed by atoms with Crippen LogP contribution in [0.3, 0.4) is 0 Å². The topological polar surface area (TPSA) is 61.8 Å². The molecule has 2 N–H and O–H groups in total. The molecule has 0 aromatic carbocycles. The zero-order chi connectivity index (χ0) is 15.9. The Bertz CT molecular complexity index is 319. The number of rotatable bonds is 9. The first-order chi connectivity index (χ1) is 9.89. The highest BCUT2D eigenvalue weighted by Gasteiger charge is 2.35. The summed E-state index contributed by atoms with van der Waals surface area (Å²) in [5, 5.41) is 12.7. The van der Waals surface area contributed by atoms with E-state index in [0.717, 1.165) is 39.1 Å². The van der Waals surface area contributed by atoms with E-state index < -0.39 is 11.5 Å². The first-order valence-corrected chi connectivity index (χ1v) is 8.15. The van der Waals surface area contributed by atoms with E-state index in [2.05, 4.69) is 24.2 Å². The van der Waals surface area contributed by atoms with E-state index in [1.165, 1.54) is 6.42 Å². The van der Waals surface area contributed by atoms with Gasteiger partial charge >= 0.3 is 5.97 Å². The Hall–Kier alpha value is -0.650. The third kappa shape index (κ3) is 5.93. The maximum atomic E-state index is 11.6. The fourth-order valence-electron chi connectivity index (χ4n) is 2.92. The Balaban J connectivity index is 2.50. The van der Waals surface area contributed by atoms with Crippen LogP contribution < -0.4 is 5.32 Å². The summed E-state index contributed by atoms with van der Waals surface area (Å²) < 4.78 is 5.52. The molecule has 1 saturated heterocycles. The molecule has 1 rings (SSSR count). The summed E-state index contributed by atoms with van der Waals surface area (Å²) in [5.74, 6) is -0.192. The van der Waals surface area contributed by atoms with Gasteiger partial charge in [-0.15, -0.1) is 0 Å². The molecule has 0 aromatic heterocycles. The minimum absolute atomic E-state index is 0.220. The van der Waals surface area contributed by atoms with Gasteiger partial charge in [0.2, 0.25) is 0 Å². The number of carboxylic acids is 1. The van der Waals surface area contributed by atoms with Crippen molar-refractivity contribution in [3.05, 3.63) is 0 Å². The van der Waals surface area contributed by atoms with Crippen molar-refractivity contribution in [1.82, 2.24) is 10.2 Å². The molecule has 1 aliphatic rings. The number of carbonyl (C=O) groups is 1. The Morgan fingerprint density at radius 1 is 1.57 bits per heavy atom. The molecule has 5 nitrogen and oxygen atoms in total. The van der Waals surface area contributed by atoms with Crippen molar-refractivity contribution in [1.29, 1.82) is 0 Å². The molecule has 1 fully saturated rings. The second-order valence-corrected chi connectivity index (χ2v) is 6.64. The number of nitrogens with zero attached hydrogens (tertiary/aromatic N) is 1. The second kappa shape index (κ2) is 8.71. The minimum Gasteiger partial charge on any atom is -0.480 e. The normalized spacial score (nSPS) is 23.8. The van der Waals surface area contributed by atoms with Gasteiger partial charge in [0.05, 0.1) is 6.61 Å². The van der Waals surface area contributed by atoms with Crippen LogP contribution >= 0.6 is 0 Å². The molecule has 3 atom stereocenters. The van der Waals surface area contributed by atoms with Crippen LogP contribution in [-0.2, 0) is 9.53 Å². The van der Waals surface area contributed by atoms with Crippen molar-refractivity contribution in [2.24, 2.45) is 5.92 Å². The molecule has 0 saturated carbocycles. The van der Waals surface area contributed by atoms with Crippen molar-refractivity contribution < 1.29 is 14.6 Å². The lowest BCUT2D eigenvalue weighted by Gasteiger charge is -2.35. The molecule has 0 amide bonds. The first kappa shape index (κ1) is 18.4. The number of hydrogen-bond acceptors (Lipinski definition) is 4. The number of carboxylic acid groups (broad SMARTS) is 1. The zero-order valence-corrected chi connectivity index (χ0v) is 14.0. The Morgan fingerprint density at radius 2 is 2.29 bits per heavy atom. The Morgan fingerprint density at radius 3 is 2.81 bits per heavy atom. The van der Waals surface area contributed by atoms with Crippen LogP contribution in [0.25, 0.3) is 0 Å². The Labute approximate surface area is 129 Å². The van der Waals surface area contributed by atoms with Gasteiger partial charge in [0.25, 0.3) is 0 Å². The molecule has 0 aromatic rings. The maximum absolute atomic E-state index is 11.6. The molecule has 5 heteroatoms. The Kier molecular flexibility index (Phi) is 7.63. The van der Waals surface area contributed by atoms with Crippen LogP contribution in [0, 0.1) is 5.92 Å². The quantitative estimate of drug-likeness (QED) is 0.681. The van der Waals surface area contributed by atoms with Gasteiger partial charge in [-0.25, -0.2) is 0 Å². The molecular weight excluding hydrogens is 268 g/mol. The number of ether oxygens (including phenoxy) is 1. The van der Waals surface area contributed by atoms with E-state index in [-0.39, 0.29) is 6.04 Å². The van der Waals surface area contributed by atoms with Crippen molar-refractivity contribution in [3.8, 4) is 0 Å². The summed E-state index contributed by atoms with van der Waals surface area (Å²) >= 11 is 0. The van der Waals surface area contributed by atoms with Crippen molar-refractivity contribution in [2.45, 2.75) is 58.0 Å². The van der Waals surface area contributed by atoms with E-state index in [4.69, 9.17) is 4.74 Å². The molecular formula is C16H32N2O3. The fourth-order valence-corrected chi connectivity index (χ4v) is 2.92. The lowest BCUT2D eigenvalue weighted by atomic mass is 9.92. The maximum Gasteiger partial charge on any atom is 0.323 e. The van der Waals surface area contributed by atoms with Crippen LogP contribution in [0.4, 0.5) is 0 Å². The predicted octanol–water partition coefficient (Wildman–Crippen LogP) is 1.97. The van der Waals surface area contributed by atoms with Gasteiger partial charge in [0.15, 0.2) is 0 Å². The van der Waals surface area contributed by atoms with Crippen LogP contribution in [0.2, 0.25) is 0 Å². The van der Waals surface area contributed by atoms with Crippen LogP contribution in [0.5, 0.6) is 0 Å². The average molecular weight is 300 g/mol. The fraction of sp³-hybridized carbons (Fsp3) is 0.938. The van der Waals surface area contributed by atoms with Crippen LogP contribution in [-0.4, -0.2) is 60.9 Å². The van der Waals surface area contributed by atoms with E-state index in [1.54, 1.807) is 6.92 Å². The number of nitrogens with one attached hydrogen (secondary N) is 1. The highest BCUT2D eigenvalue weighted by Crippen LogP contribution is 2.20. The molecule has 0 radical (unpaired) electrons. The van der Waals surface area contributed by atoms with Gasteiger partial charge in [0, 0.05) is 19.2 Å². The summed E-state index contributed by atoms with van der Waals surface area (Å²) in [4.78, 5) is 13.8. The summed E-state index contributed by atoms with van der Waals surface area (Å²) in [6, 6.07) is 0.220. The SMILES string of the molecule is CCCNC(C)(CC(C)N(C)CC1CCCOC1)C(=O)O. The average Bonchev–Trinajstić information content (AvgIpc) is 2.46. The summed E-state index contributed by atoms with van der Waals surface area (Å²) in [5.41, 5.74) is -0.854. The van der Waals surface area contributed by atoms with E-state index in [1.807, 2.05) is 6.92 Å². The third-order valence-corrected chi connectivity index (χ3v) is 4.49. The molecule has 124 valence electrons. The molecule has 1 aliphatic heterocycles. The third-order valence-electron chi connectivity index (χ3n) is 4.49. The van der Waals surface area contributed by atoms with Gasteiger partial charge < -0.3 is 20.1 Å². The van der Waals surface area contributed by atoms with Gasteiger partial charge in [0.1, 0.15) is 5.54 Å². The highest BCUT2D eigenvalue weighted by molar-refractivity contribution is 5.78. The van der Waals surface area contributed by atoms with Crippen molar-refractivity contribution >= 4 is 5.97 Å². The smallest absolute Gasteiger partial charge is 0.323 e. The van der Waals surface area contributed by atoms with E-state index in [0.29, 0.717) is 12.3 Å². The molecule has 0 aliphatic carbocycles. The van der Waals surface area contributed by atoms with E-state index in [9.17, 15) is 9.90 Å². The molecule has 21 heavy (non-hydrogen) atoms. The van der Waals surface area contributed by atoms with Gasteiger partial charge in [-0.2, -0.15) is 0 Å². The lowest BCUT2D eigenvalue weighted by molar-refractivity contribution is -0.145. The molecule has 0 spiro atoms. The molecule has 1 heterocycles. The molecule has 0 bridgehead atoms. The van der Waals surface area contributed by atoms with Gasteiger partial charge in [-0.3, -0.25) is 4.79 Å². The standard InChI is InChI=1S/C16H32N2O3/c1-5-8-17-16(3,15(19)20)10-13(2)18(4)11-14-7-6-9-21-12-14/h13-14,17H,5-12H2,1-4H3,(H,19,20). The van der Waals surface area contributed by atoms with Crippen LogP contribution in [0.1, 0.15) is 46.5 Å². The lowest BCUT2D eigenvalue weighted by Crippen LogP contribution is -2.53. The predicted molar refractivity (Wildman–Crippen MR) is 84.6 cm³/mol. The first-order valence-electron chi connectivity index (χ1n) is 8.15. The summed E-state index contributed by atoms with van der Waals surface area (Å²) in [7, 11) is 2.08. The van der Waals surface area contributed by atoms with Crippen molar-refractivity contribution in [3.63, 3.8) is 0 Å². The van der Waals surface area contributed by atoms with Crippen molar-refractivity contribution in [2.75, 3.05) is 33.4 Å². The zero-order valence-electron chi connectivity index (χ0n) is 14.0. The monoisotopic (exact) mass is 300 g/mol. The summed E-state index contributed by atoms with van der Waals surface area (Å²) in [6.07, 6.45) is 3.89. The highest BCUT2D eigenvalue weighted by atomic mass is 16.5. The number of aliphatic carboxylic acids is 1. The summed E-state index contributed by atoms with van der Waals surface area (Å²) in [6.45, 7) is 9.38. The van der Waals surface area contributed by atoms with Gasteiger partial charge in [-0.05, 0) is 59.0 Å². The molecule has 3 unspecified atom stereocenters. The van der Waals surface area contributed by atoms with Crippen LogP contribution in [0.15, 0.2) is 0 Å². The largest absolute Gasteiger partial charge is 0.480 e. The minimum atomic E-state index is -0.854. The second-order valence-electron chi connectivity index (χ2n) is 6.64. The van der Waals surface area contributed by atoms with Gasteiger partial charge in [-0.1, -0.05) is 6.92 Å². The number of hydrogen-bond donors (Lipinski definition) is 2. The van der Waals surface area contributed by atoms with E-state index >= 15 is 0 Å².